The van der Waals surface area contributed by atoms with Gasteiger partial charge >= 0.3 is 5.97 Å². The summed E-state index contributed by atoms with van der Waals surface area (Å²) in [5, 5.41) is 12.5. The number of carbonyl (C=O) groups is 2. The highest BCUT2D eigenvalue weighted by Crippen LogP contribution is 2.39. The highest BCUT2D eigenvalue weighted by Gasteiger charge is 2.39. The van der Waals surface area contributed by atoms with Crippen LogP contribution in [-0.4, -0.2) is 52.7 Å². The van der Waals surface area contributed by atoms with E-state index in [-0.39, 0.29) is 36.7 Å². The molecule has 0 aromatic heterocycles. The van der Waals surface area contributed by atoms with E-state index in [9.17, 15) is 14.7 Å². The third-order valence-corrected chi connectivity index (χ3v) is 7.55. The summed E-state index contributed by atoms with van der Waals surface area (Å²) in [4.78, 5) is 27.9. The molecule has 0 spiro atoms. The Balaban J connectivity index is 1.36. The van der Waals surface area contributed by atoms with Gasteiger partial charge in [-0.25, -0.2) is 0 Å². The van der Waals surface area contributed by atoms with Crippen molar-refractivity contribution < 1.29 is 28.9 Å². The molecule has 2 fully saturated rings. The molecule has 0 aliphatic carbocycles. The number of anilines is 1. The Kier molecular flexibility index (Phi) is 9.38. The SMILES string of the molecule is CC(C)(C)OC(=O)[C@@H]1CCCN1C[C@H]1C[C@@H](c2ccc(CO)cc2)O[C@@H](c2cccc(NC(=O)c3ccccc3)c2)O1. The summed E-state index contributed by atoms with van der Waals surface area (Å²) in [6.45, 7) is 7.01. The molecular weight excluding hydrogens is 532 g/mol. The largest absolute Gasteiger partial charge is 0.459 e. The Morgan fingerprint density at radius 1 is 0.976 bits per heavy atom. The first-order chi connectivity index (χ1) is 20.2. The molecule has 2 N–H and O–H groups in total. The number of hydrogen-bond donors (Lipinski definition) is 2. The minimum atomic E-state index is -0.678. The fourth-order valence-corrected chi connectivity index (χ4v) is 5.53. The van der Waals surface area contributed by atoms with E-state index in [0.29, 0.717) is 24.2 Å². The van der Waals surface area contributed by atoms with Crippen molar-refractivity contribution in [2.75, 3.05) is 18.4 Å². The normalized spacial score (nSPS) is 23.0. The summed E-state index contributed by atoms with van der Waals surface area (Å²) in [5.74, 6) is -0.387. The van der Waals surface area contributed by atoms with Gasteiger partial charge in [0.15, 0.2) is 6.29 Å². The van der Waals surface area contributed by atoms with Crippen molar-refractivity contribution in [3.63, 3.8) is 0 Å². The summed E-state index contributed by atoms with van der Waals surface area (Å²) < 4.78 is 18.8. The average molecular weight is 573 g/mol. The van der Waals surface area contributed by atoms with Crippen LogP contribution in [0, 0.1) is 0 Å². The summed E-state index contributed by atoms with van der Waals surface area (Å²) in [7, 11) is 0. The molecule has 42 heavy (non-hydrogen) atoms. The second-order valence-corrected chi connectivity index (χ2v) is 12.0. The lowest BCUT2D eigenvalue weighted by Crippen LogP contribution is -2.45. The van der Waals surface area contributed by atoms with Crippen LogP contribution >= 0.6 is 0 Å². The van der Waals surface area contributed by atoms with Gasteiger partial charge < -0.3 is 24.6 Å². The van der Waals surface area contributed by atoms with Crippen LogP contribution in [0.2, 0.25) is 0 Å². The van der Waals surface area contributed by atoms with Crippen LogP contribution in [0.5, 0.6) is 0 Å². The summed E-state index contributed by atoms with van der Waals surface area (Å²) in [6, 6.07) is 24.0. The van der Waals surface area contributed by atoms with Crippen molar-refractivity contribution in [3.8, 4) is 0 Å². The molecule has 1 amide bonds. The number of nitrogens with one attached hydrogen (secondary N) is 1. The lowest BCUT2D eigenvalue weighted by atomic mass is 9.99. The van der Waals surface area contributed by atoms with Crippen LogP contribution < -0.4 is 5.32 Å². The quantitative estimate of drug-likeness (QED) is 0.330. The zero-order valence-electron chi connectivity index (χ0n) is 24.5. The van der Waals surface area contributed by atoms with Crippen LogP contribution in [0.3, 0.4) is 0 Å². The number of hydrogen-bond acceptors (Lipinski definition) is 7. The number of benzene rings is 3. The lowest BCUT2D eigenvalue weighted by Gasteiger charge is -2.38. The molecule has 4 atom stereocenters. The maximum Gasteiger partial charge on any atom is 0.323 e. The van der Waals surface area contributed by atoms with Gasteiger partial charge in [-0.3, -0.25) is 14.5 Å². The van der Waals surface area contributed by atoms with E-state index in [4.69, 9.17) is 14.2 Å². The van der Waals surface area contributed by atoms with Gasteiger partial charge in [0.1, 0.15) is 11.6 Å². The van der Waals surface area contributed by atoms with Crippen molar-refractivity contribution in [3.05, 3.63) is 101 Å². The van der Waals surface area contributed by atoms with E-state index in [1.807, 2.05) is 87.5 Å². The van der Waals surface area contributed by atoms with Crippen molar-refractivity contribution in [2.24, 2.45) is 0 Å². The Labute approximate surface area is 247 Å². The highest BCUT2D eigenvalue weighted by molar-refractivity contribution is 6.04. The molecule has 0 bridgehead atoms. The molecule has 0 unspecified atom stereocenters. The number of carbonyl (C=O) groups excluding carboxylic acids is 2. The minimum Gasteiger partial charge on any atom is -0.459 e. The molecule has 8 heteroatoms. The van der Waals surface area contributed by atoms with Crippen LogP contribution in [0.25, 0.3) is 0 Å². The molecule has 2 heterocycles. The maximum atomic E-state index is 13.0. The molecule has 2 saturated heterocycles. The number of aliphatic hydroxyl groups excluding tert-OH is 1. The van der Waals surface area contributed by atoms with Crippen molar-refractivity contribution in [1.82, 2.24) is 4.90 Å². The number of aliphatic hydroxyl groups is 1. The molecule has 2 aliphatic heterocycles. The molecule has 8 nitrogen and oxygen atoms in total. The topological polar surface area (TPSA) is 97.3 Å². The number of likely N-dealkylation sites (tertiary alicyclic amines) is 1. The van der Waals surface area contributed by atoms with Gasteiger partial charge in [0.25, 0.3) is 5.91 Å². The third kappa shape index (κ3) is 7.63. The first-order valence-corrected chi connectivity index (χ1v) is 14.6. The van der Waals surface area contributed by atoms with Crippen LogP contribution in [0.1, 0.15) is 79.5 Å². The van der Waals surface area contributed by atoms with Gasteiger partial charge in [0.2, 0.25) is 0 Å². The Hall–Kier alpha value is -3.56. The first kappa shape index (κ1) is 29.9. The molecule has 3 aromatic carbocycles. The van der Waals surface area contributed by atoms with E-state index in [2.05, 4.69) is 10.2 Å². The number of amides is 1. The first-order valence-electron chi connectivity index (χ1n) is 14.6. The van der Waals surface area contributed by atoms with Gasteiger partial charge in [-0.05, 0) is 75.5 Å². The van der Waals surface area contributed by atoms with Crippen molar-refractivity contribution in [2.45, 2.75) is 76.8 Å². The van der Waals surface area contributed by atoms with E-state index >= 15 is 0 Å². The Morgan fingerprint density at radius 3 is 2.45 bits per heavy atom. The molecular formula is C34H40N2O6. The van der Waals surface area contributed by atoms with Gasteiger partial charge in [-0.2, -0.15) is 0 Å². The highest BCUT2D eigenvalue weighted by atomic mass is 16.7. The molecule has 222 valence electrons. The summed E-state index contributed by atoms with van der Waals surface area (Å²) in [6.07, 6.45) is 1.14. The second kappa shape index (κ2) is 13.2. The van der Waals surface area contributed by atoms with E-state index < -0.39 is 11.9 Å². The van der Waals surface area contributed by atoms with Crippen LogP contribution in [-0.2, 0) is 25.6 Å². The van der Waals surface area contributed by atoms with E-state index in [1.165, 1.54) is 0 Å². The smallest absolute Gasteiger partial charge is 0.323 e. The fraction of sp³-hybridized carbons (Fsp3) is 0.412. The van der Waals surface area contributed by atoms with Crippen molar-refractivity contribution >= 4 is 17.6 Å². The van der Waals surface area contributed by atoms with E-state index in [1.54, 1.807) is 12.1 Å². The molecule has 2 aliphatic rings. The number of esters is 1. The van der Waals surface area contributed by atoms with Gasteiger partial charge in [-0.15, -0.1) is 0 Å². The second-order valence-electron chi connectivity index (χ2n) is 12.0. The average Bonchev–Trinajstić information content (AvgIpc) is 3.45. The number of ether oxygens (including phenoxy) is 3. The molecule has 0 saturated carbocycles. The molecule has 5 rings (SSSR count). The summed E-state index contributed by atoms with van der Waals surface area (Å²) in [5.41, 5.74) is 3.28. The lowest BCUT2D eigenvalue weighted by molar-refractivity contribution is -0.253. The summed E-state index contributed by atoms with van der Waals surface area (Å²) >= 11 is 0. The zero-order valence-corrected chi connectivity index (χ0v) is 24.5. The standard InChI is InChI=1S/C34H40N2O6/c1-34(2,3)42-32(39)29-13-8-18-36(29)21-28-20-30(24-16-14-23(22-37)15-17-24)41-33(40-28)26-11-7-12-27(19-26)35-31(38)25-9-5-4-6-10-25/h4-7,9-12,14-17,19,28-30,33,37H,8,13,18,20-22H2,1-3H3,(H,35,38)/t28-,29+,30+,33+/m1/s1. The maximum absolute atomic E-state index is 13.0. The van der Waals surface area contributed by atoms with Crippen LogP contribution in [0.4, 0.5) is 5.69 Å². The molecule has 0 radical (unpaired) electrons. The predicted octanol–water partition coefficient (Wildman–Crippen LogP) is 5.78. The zero-order chi connectivity index (χ0) is 29.7. The monoisotopic (exact) mass is 572 g/mol. The minimum absolute atomic E-state index is 0.0251. The Bertz CT molecular complexity index is 1350. The van der Waals surface area contributed by atoms with Gasteiger partial charge in [-0.1, -0.05) is 54.6 Å². The number of nitrogens with zero attached hydrogens (tertiary/aromatic N) is 1. The Morgan fingerprint density at radius 2 is 1.74 bits per heavy atom. The third-order valence-electron chi connectivity index (χ3n) is 7.55. The van der Waals surface area contributed by atoms with E-state index in [0.717, 1.165) is 36.1 Å². The van der Waals surface area contributed by atoms with Crippen LogP contribution in [0.15, 0.2) is 78.9 Å². The fourth-order valence-electron chi connectivity index (χ4n) is 5.53. The number of rotatable bonds is 8. The van der Waals surface area contributed by atoms with Gasteiger partial charge in [0.05, 0.1) is 18.8 Å². The molecule has 3 aromatic rings. The van der Waals surface area contributed by atoms with Crippen molar-refractivity contribution in [1.29, 1.82) is 0 Å². The predicted molar refractivity (Wildman–Crippen MR) is 160 cm³/mol. The van der Waals surface area contributed by atoms with Gasteiger partial charge in [0, 0.05) is 29.8 Å².